The van der Waals surface area contributed by atoms with Gasteiger partial charge in [0.25, 0.3) is 5.91 Å². The second-order valence-electron chi connectivity index (χ2n) is 7.39. The lowest BCUT2D eigenvalue weighted by Gasteiger charge is -2.12. The summed E-state index contributed by atoms with van der Waals surface area (Å²) in [6, 6.07) is 18.1. The fraction of sp³-hybridized carbons (Fsp3) is 0.200. The molecule has 176 valence electrons. The highest BCUT2D eigenvalue weighted by Crippen LogP contribution is 2.23. The maximum absolute atomic E-state index is 12.6. The summed E-state index contributed by atoms with van der Waals surface area (Å²) in [6.07, 6.45) is 5.60. The second kappa shape index (κ2) is 13.1. The molecular weight excluding hydrogens is 559 g/mol. The molecule has 0 fully saturated rings. The van der Waals surface area contributed by atoms with E-state index in [0.29, 0.717) is 24.0 Å². The Hall–Kier alpha value is -2.92. The standard InChI is InChI=1S/C25H27IN6OS/c1-4-16-32-23(17-27-22-14-12-21(26)13-15-22)29-31-25(32)34-19(3)24(33)30-28-18(2)10-11-20-8-6-5-7-9-20/h4-15,19,27H,1,16-17H2,2-3H3,(H,30,33)/b11-10+,28-18-/t19-/m0/s1. The largest absolute Gasteiger partial charge is 0.378 e. The summed E-state index contributed by atoms with van der Waals surface area (Å²) < 4.78 is 3.13. The maximum Gasteiger partial charge on any atom is 0.253 e. The zero-order valence-corrected chi connectivity index (χ0v) is 22.1. The molecular formula is C25H27IN6OS. The Balaban J connectivity index is 1.58. The first-order chi connectivity index (χ1) is 16.5. The molecule has 0 spiro atoms. The van der Waals surface area contributed by atoms with Crippen LogP contribution in [0.15, 0.2) is 83.6 Å². The summed E-state index contributed by atoms with van der Waals surface area (Å²) in [5.41, 5.74) is 5.41. The summed E-state index contributed by atoms with van der Waals surface area (Å²) in [5.74, 6) is 0.567. The molecule has 0 radical (unpaired) electrons. The summed E-state index contributed by atoms with van der Waals surface area (Å²) in [4.78, 5) is 12.6. The van der Waals surface area contributed by atoms with E-state index in [4.69, 9.17) is 0 Å². The van der Waals surface area contributed by atoms with Gasteiger partial charge in [0.1, 0.15) is 0 Å². The van der Waals surface area contributed by atoms with Crippen molar-refractivity contribution in [3.05, 3.63) is 88.3 Å². The number of aromatic nitrogens is 3. The summed E-state index contributed by atoms with van der Waals surface area (Å²) in [6.45, 7) is 8.56. The molecule has 0 aliphatic rings. The van der Waals surface area contributed by atoms with Gasteiger partial charge in [0, 0.05) is 15.8 Å². The van der Waals surface area contributed by atoms with Crippen LogP contribution < -0.4 is 10.7 Å². The lowest BCUT2D eigenvalue weighted by atomic mass is 10.2. The highest BCUT2D eigenvalue weighted by atomic mass is 127. The molecule has 1 heterocycles. The quantitative estimate of drug-likeness (QED) is 0.104. The van der Waals surface area contributed by atoms with Crippen LogP contribution in [0.2, 0.25) is 0 Å². The Kier molecular flexibility index (Phi) is 9.89. The third kappa shape index (κ3) is 7.84. The first-order valence-corrected chi connectivity index (χ1v) is 12.7. The van der Waals surface area contributed by atoms with Crippen LogP contribution in [0.25, 0.3) is 6.08 Å². The molecule has 1 atom stereocenters. The van der Waals surface area contributed by atoms with E-state index in [1.165, 1.54) is 15.3 Å². The van der Waals surface area contributed by atoms with Gasteiger partial charge in [0.2, 0.25) is 0 Å². The minimum Gasteiger partial charge on any atom is -0.378 e. The van der Waals surface area contributed by atoms with E-state index >= 15 is 0 Å². The lowest BCUT2D eigenvalue weighted by molar-refractivity contribution is -0.120. The van der Waals surface area contributed by atoms with E-state index in [9.17, 15) is 4.79 Å². The predicted octanol–water partition coefficient (Wildman–Crippen LogP) is 5.37. The SMILES string of the molecule is C=CCn1c(CNc2ccc(I)cc2)nnc1S[C@@H](C)C(=O)N/N=C(C)\C=C\c1ccccc1. The number of thioether (sulfide) groups is 1. The summed E-state index contributed by atoms with van der Waals surface area (Å²) >= 11 is 3.61. The average Bonchev–Trinajstić information content (AvgIpc) is 3.22. The first-order valence-electron chi connectivity index (χ1n) is 10.7. The van der Waals surface area contributed by atoms with Crippen molar-refractivity contribution in [1.82, 2.24) is 20.2 Å². The number of nitrogens with zero attached hydrogens (tertiary/aromatic N) is 4. The zero-order valence-electron chi connectivity index (χ0n) is 19.1. The Morgan fingerprint density at radius 1 is 1.21 bits per heavy atom. The number of anilines is 1. The van der Waals surface area contributed by atoms with Crippen molar-refractivity contribution in [2.75, 3.05) is 5.32 Å². The van der Waals surface area contributed by atoms with Crippen LogP contribution in [0.1, 0.15) is 25.2 Å². The molecule has 2 aromatic carbocycles. The van der Waals surface area contributed by atoms with Crippen molar-refractivity contribution in [3.63, 3.8) is 0 Å². The first kappa shape index (κ1) is 25.7. The van der Waals surface area contributed by atoms with Crippen LogP contribution in [0, 0.1) is 3.57 Å². The number of amides is 1. The van der Waals surface area contributed by atoms with E-state index in [0.717, 1.165) is 17.1 Å². The number of allylic oxidation sites excluding steroid dienone is 2. The van der Waals surface area contributed by atoms with Crippen LogP contribution in [0.4, 0.5) is 5.69 Å². The number of rotatable bonds is 11. The van der Waals surface area contributed by atoms with E-state index in [1.54, 1.807) is 6.08 Å². The monoisotopic (exact) mass is 586 g/mol. The number of hydrogen-bond donors (Lipinski definition) is 2. The normalized spacial score (nSPS) is 12.5. The van der Waals surface area contributed by atoms with Crippen molar-refractivity contribution in [3.8, 4) is 0 Å². The molecule has 0 bridgehead atoms. The second-order valence-corrected chi connectivity index (χ2v) is 9.95. The van der Waals surface area contributed by atoms with Gasteiger partial charge >= 0.3 is 0 Å². The van der Waals surface area contributed by atoms with Gasteiger partial charge in [-0.3, -0.25) is 4.79 Å². The van der Waals surface area contributed by atoms with Crippen LogP contribution in [-0.4, -0.2) is 31.6 Å². The summed E-state index contributed by atoms with van der Waals surface area (Å²) in [7, 11) is 0. The molecule has 34 heavy (non-hydrogen) atoms. The lowest BCUT2D eigenvalue weighted by Crippen LogP contribution is -2.27. The highest BCUT2D eigenvalue weighted by molar-refractivity contribution is 14.1. The van der Waals surface area contributed by atoms with Gasteiger partial charge in [-0.25, -0.2) is 5.43 Å². The molecule has 9 heteroatoms. The number of nitrogens with one attached hydrogen (secondary N) is 2. The van der Waals surface area contributed by atoms with Crippen molar-refractivity contribution in [2.24, 2.45) is 5.10 Å². The van der Waals surface area contributed by atoms with Crippen LogP contribution >= 0.6 is 34.4 Å². The van der Waals surface area contributed by atoms with E-state index in [2.05, 4.69) is 55.2 Å². The smallest absolute Gasteiger partial charge is 0.253 e. The Morgan fingerprint density at radius 2 is 1.94 bits per heavy atom. The van der Waals surface area contributed by atoms with Gasteiger partial charge in [-0.1, -0.05) is 54.2 Å². The summed E-state index contributed by atoms with van der Waals surface area (Å²) in [5, 5.41) is 16.4. The molecule has 7 nitrogen and oxygen atoms in total. The van der Waals surface area contributed by atoms with Gasteiger partial charge in [0.05, 0.1) is 17.5 Å². The number of carbonyl (C=O) groups is 1. The third-order valence-corrected chi connectivity index (χ3v) is 6.51. The fourth-order valence-corrected chi connectivity index (χ4v) is 4.09. The van der Waals surface area contributed by atoms with Crippen molar-refractivity contribution < 1.29 is 4.79 Å². The zero-order chi connectivity index (χ0) is 24.3. The van der Waals surface area contributed by atoms with Gasteiger partial charge in [-0.15, -0.1) is 16.8 Å². The third-order valence-electron chi connectivity index (χ3n) is 4.71. The number of benzene rings is 2. The molecule has 0 aliphatic heterocycles. The molecule has 3 rings (SSSR count). The Bertz CT molecular complexity index is 1160. The number of hydrogen-bond acceptors (Lipinski definition) is 6. The topological polar surface area (TPSA) is 84.2 Å². The van der Waals surface area contributed by atoms with Crippen LogP contribution in [-0.2, 0) is 17.9 Å². The molecule has 0 aliphatic carbocycles. The minimum absolute atomic E-state index is 0.204. The Labute approximate surface area is 218 Å². The predicted molar refractivity (Wildman–Crippen MR) is 149 cm³/mol. The van der Waals surface area contributed by atoms with E-state index in [1.807, 2.05) is 85.2 Å². The maximum atomic E-state index is 12.6. The van der Waals surface area contributed by atoms with E-state index in [-0.39, 0.29) is 5.91 Å². The van der Waals surface area contributed by atoms with Crippen molar-refractivity contribution in [2.45, 2.75) is 37.3 Å². The van der Waals surface area contributed by atoms with Crippen LogP contribution in [0.5, 0.6) is 0 Å². The Morgan fingerprint density at radius 3 is 2.65 bits per heavy atom. The minimum atomic E-state index is -0.403. The van der Waals surface area contributed by atoms with Gasteiger partial charge in [-0.2, -0.15) is 5.10 Å². The molecule has 3 aromatic rings. The molecule has 0 saturated heterocycles. The molecule has 0 saturated carbocycles. The fourth-order valence-electron chi connectivity index (χ4n) is 2.86. The van der Waals surface area contributed by atoms with Gasteiger partial charge in [-0.05, 0) is 72.3 Å². The van der Waals surface area contributed by atoms with Crippen molar-refractivity contribution in [1.29, 1.82) is 0 Å². The molecule has 1 aromatic heterocycles. The van der Waals surface area contributed by atoms with E-state index < -0.39 is 5.25 Å². The molecule has 2 N–H and O–H groups in total. The number of hydrazone groups is 1. The van der Waals surface area contributed by atoms with Crippen molar-refractivity contribution >= 4 is 57.7 Å². The molecule has 0 unspecified atom stereocenters. The average molecular weight is 587 g/mol. The van der Waals surface area contributed by atoms with Crippen LogP contribution in [0.3, 0.4) is 0 Å². The number of carbonyl (C=O) groups excluding carboxylic acids is 1. The highest BCUT2D eigenvalue weighted by Gasteiger charge is 2.19. The van der Waals surface area contributed by atoms with Gasteiger partial charge < -0.3 is 9.88 Å². The van der Waals surface area contributed by atoms with Gasteiger partial charge in [0.15, 0.2) is 11.0 Å². The molecule has 1 amide bonds. The number of halogens is 1.